The van der Waals surface area contributed by atoms with Crippen LogP contribution >= 0.6 is 0 Å². The Balaban J connectivity index is 2.23. The molecule has 3 rings (SSSR count). The van der Waals surface area contributed by atoms with E-state index in [1.54, 1.807) is 0 Å². The summed E-state index contributed by atoms with van der Waals surface area (Å²) in [7, 11) is 0. The van der Waals surface area contributed by atoms with E-state index in [1.807, 2.05) is 0 Å². The van der Waals surface area contributed by atoms with Crippen LogP contribution in [0.4, 0.5) is 0 Å². The van der Waals surface area contributed by atoms with Gasteiger partial charge in [-0.1, -0.05) is 18.6 Å². The van der Waals surface area contributed by atoms with Crippen molar-refractivity contribution in [1.29, 1.82) is 0 Å². The second-order valence-corrected chi connectivity index (χ2v) is 6.67. The van der Waals surface area contributed by atoms with E-state index in [0.29, 0.717) is 5.92 Å². The molecule has 1 heterocycles. The Bertz CT molecular complexity index is 592. The molecule has 2 N–H and O–H groups in total. The van der Waals surface area contributed by atoms with Crippen molar-refractivity contribution in [3.05, 3.63) is 30.1 Å². The summed E-state index contributed by atoms with van der Waals surface area (Å²) in [5.41, 5.74) is 8.64. The van der Waals surface area contributed by atoms with Gasteiger partial charge in [0.2, 0.25) is 0 Å². The van der Waals surface area contributed by atoms with Gasteiger partial charge in [-0.15, -0.1) is 0 Å². The molecule has 0 spiro atoms. The molecule has 2 aromatic rings. The van der Waals surface area contributed by atoms with Crippen molar-refractivity contribution in [3.8, 4) is 0 Å². The number of para-hydroxylation sites is 2. The van der Waals surface area contributed by atoms with Crippen molar-refractivity contribution < 1.29 is 0 Å². The van der Waals surface area contributed by atoms with Gasteiger partial charge in [-0.2, -0.15) is 0 Å². The monoisotopic (exact) mass is 257 g/mol. The highest BCUT2D eigenvalue weighted by Crippen LogP contribution is 2.37. The zero-order valence-corrected chi connectivity index (χ0v) is 12.1. The van der Waals surface area contributed by atoms with Crippen molar-refractivity contribution >= 4 is 11.0 Å². The molecule has 0 bridgehead atoms. The zero-order valence-electron chi connectivity index (χ0n) is 12.1. The Morgan fingerprint density at radius 2 is 1.95 bits per heavy atom. The SMILES string of the molecule is CC(C)(C)n1c(C2CCCC2N)nc2ccccc21. The Kier molecular flexibility index (Phi) is 2.90. The molecule has 1 aliphatic rings. The molecule has 3 nitrogen and oxygen atoms in total. The summed E-state index contributed by atoms with van der Waals surface area (Å²) in [4.78, 5) is 4.89. The van der Waals surface area contributed by atoms with Crippen molar-refractivity contribution in [2.24, 2.45) is 5.73 Å². The van der Waals surface area contributed by atoms with E-state index >= 15 is 0 Å². The quantitative estimate of drug-likeness (QED) is 0.851. The molecular formula is C16H23N3. The largest absolute Gasteiger partial charge is 0.327 e. The van der Waals surface area contributed by atoms with Crippen molar-refractivity contribution in [2.45, 2.75) is 57.5 Å². The van der Waals surface area contributed by atoms with Crippen LogP contribution in [0.25, 0.3) is 11.0 Å². The minimum atomic E-state index is 0.0355. The zero-order chi connectivity index (χ0) is 13.6. The summed E-state index contributed by atoms with van der Waals surface area (Å²) in [6, 6.07) is 8.67. The van der Waals surface area contributed by atoms with Crippen LogP contribution in [0.5, 0.6) is 0 Å². The van der Waals surface area contributed by atoms with Crippen LogP contribution in [0.1, 0.15) is 51.8 Å². The van der Waals surface area contributed by atoms with Crippen LogP contribution in [-0.4, -0.2) is 15.6 Å². The number of imidazole rings is 1. The van der Waals surface area contributed by atoms with Crippen LogP contribution in [0.15, 0.2) is 24.3 Å². The van der Waals surface area contributed by atoms with Gasteiger partial charge in [0, 0.05) is 17.5 Å². The Morgan fingerprint density at radius 1 is 1.21 bits per heavy atom. The van der Waals surface area contributed by atoms with E-state index in [2.05, 4.69) is 49.6 Å². The van der Waals surface area contributed by atoms with Crippen molar-refractivity contribution in [1.82, 2.24) is 9.55 Å². The van der Waals surface area contributed by atoms with Crippen molar-refractivity contribution in [2.75, 3.05) is 0 Å². The molecule has 0 saturated heterocycles. The van der Waals surface area contributed by atoms with Gasteiger partial charge in [0.15, 0.2) is 0 Å². The molecule has 1 aromatic carbocycles. The molecule has 2 atom stereocenters. The molecular weight excluding hydrogens is 234 g/mol. The molecule has 2 unspecified atom stereocenters. The summed E-state index contributed by atoms with van der Waals surface area (Å²) in [5.74, 6) is 1.59. The van der Waals surface area contributed by atoms with Crippen LogP contribution in [0.3, 0.4) is 0 Å². The highest BCUT2D eigenvalue weighted by Gasteiger charge is 2.32. The highest BCUT2D eigenvalue weighted by atomic mass is 15.1. The summed E-state index contributed by atoms with van der Waals surface area (Å²) < 4.78 is 2.39. The fourth-order valence-corrected chi connectivity index (χ4v) is 3.31. The molecule has 1 fully saturated rings. The summed E-state index contributed by atoms with van der Waals surface area (Å²) >= 11 is 0. The smallest absolute Gasteiger partial charge is 0.115 e. The van der Waals surface area contributed by atoms with Gasteiger partial charge in [-0.05, 0) is 45.7 Å². The lowest BCUT2D eigenvalue weighted by Gasteiger charge is -2.27. The van der Waals surface area contributed by atoms with Gasteiger partial charge in [0.05, 0.1) is 11.0 Å². The molecule has 19 heavy (non-hydrogen) atoms. The van der Waals surface area contributed by atoms with Crippen LogP contribution < -0.4 is 5.73 Å². The Hall–Kier alpha value is -1.35. The van der Waals surface area contributed by atoms with Crippen LogP contribution in [0.2, 0.25) is 0 Å². The second kappa shape index (κ2) is 4.34. The normalized spacial score (nSPS) is 24.2. The molecule has 3 heteroatoms. The average Bonchev–Trinajstić information content (AvgIpc) is 2.90. The third kappa shape index (κ3) is 2.06. The summed E-state index contributed by atoms with van der Waals surface area (Å²) in [6.07, 6.45) is 3.51. The third-order valence-electron chi connectivity index (χ3n) is 4.16. The predicted octanol–water partition coefficient (Wildman–Crippen LogP) is 3.39. The first-order valence-corrected chi connectivity index (χ1v) is 7.22. The number of aromatic nitrogens is 2. The number of hydrogen-bond donors (Lipinski definition) is 1. The summed E-state index contributed by atoms with van der Waals surface area (Å²) in [6.45, 7) is 6.72. The minimum absolute atomic E-state index is 0.0355. The molecule has 0 radical (unpaired) electrons. The van der Waals surface area contributed by atoms with E-state index < -0.39 is 0 Å². The molecule has 1 aromatic heterocycles. The number of rotatable bonds is 1. The van der Waals surface area contributed by atoms with Crippen molar-refractivity contribution in [3.63, 3.8) is 0 Å². The first kappa shape index (κ1) is 12.7. The van der Waals surface area contributed by atoms with Crippen LogP contribution in [0, 0.1) is 0 Å². The third-order valence-corrected chi connectivity index (χ3v) is 4.16. The maximum Gasteiger partial charge on any atom is 0.115 e. The summed E-state index contributed by atoms with van der Waals surface area (Å²) in [5, 5.41) is 0. The first-order valence-electron chi connectivity index (χ1n) is 7.22. The minimum Gasteiger partial charge on any atom is -0.327 e. The lowest BCUT2D eigenvalue weighted by molar-refractivity contribution is 0.378. The lowest BCUT2D eigenvalue weighted by Crippen LogP contribution is -2.30. The topological polar surface area (TPSA) is 43.8 Å². The van der Waals surface area contributed by atoms with E-state index in [1.165, 1.54) is 24.2 Å². The molecule has 0 aliphatic heterocycles. The maximum absolute atomic E-state index is 6.29. The van der Waals surface area contributed by atoms with E-state index in [-0.39, 0.29) is 11.6 Å². The Morgan fingerprint density at radius 3 is 2.58 bits per heavy atom. The standard InChI is InChI=1S/C16H23N3/c1-16(2,3)19-14-10-5-4-9-13(14)18-15(19)11-7-6-8-12(11)17/h4-5,9-12H,6-8,17H2,1-3H3. The number of fused-ring (bicyclic) bond motifs is 1. The number of hydrogen-bond acceptors (Lipinski definition) is 2. The highest BCUT2D eigenvalue weighted by molar-refractivity contribution is 5.76. The first-order chi connectivity index (χ1) is 8.98. The maximum atomic E-state index is 6.29. The predicted molar refractivity (Wildman–Crippen MR) is 79.3 cm³/mol. The lowest BCUT2D eigenvalue weighted by atomic mass is 10.0. The fourth-order valence-electron chi connectivity index (χ4n) is 3.31. The molecule has 1 aliphatic carbocycles. The van der Waals surface area contributed by atoms with Crippen LogP contribution in [-0.2, 0) is 5.54 Å². The number of nitrogens with zero attached hydrogens (tertiary/aromatic N) is 2. The van der Waals surface area contributed by atoms with E-state index in [9.17, 15) is 0 Å². The average molecular weight is 257 g/mol. The van der Waals surface area contributed by atoms with Gasteiger partial charge in [0.1, 0.15) is 5.82 Å². The number of benzene rings is 1. The molecule has 0 amide bonds. The fraction of sp³-hybridized carbons (Fsp3) is 0.562. The van der Waals surface area contributed by atoms with Gasteiger partial charge in [0.25, 0.3) is 0 Å². The molecule has 102 valence electrons. The van der Waals surface area contributed by atoms with Gasteiger partial charge < -0.3 is 10.3 Å². The van der Waals surface area contributed by atoms with E-state index in [0.717, 1.165) is 11.9 Å². The Labute approximate surface area is 114 Å². The second-order valence-electron chi connectivity index (χ2n) is 6.67. The van der Waals surface area contributed by atoms with Gasteiger partial charge in [-0.25, -0.2) is 4.98 Å². The number of nitrogens with two attached hydrogens (primary N) is 1. The van der Waals surface area contributed by atoms with E-state index in [4.69, 9.17) is 10.7 Å². The van der Waals surface area contributed by atoms with Gasteiger partial charge >= 0.3 is 0 Å². The molecule has 1 saturated carbocycles. The van der Waals surface area contributed by atoms with Gasteiger partial charge in [-0.3, -0.25) is 0 Å².